The number of amides is 2. The van der Waals surface area contributed by atoms with Gasteiger partial charge in [-0.1, -0.05) is 19.1 Å². The van der Waals surface area contributed by atoms with Gasteiger partial charge in [0.25, 0.3) is 5.91 Å². The summed E-state index contributed by atoms with van der Waals surface area (Å²) < 4.78 is 0. The molecule has 1 atom stereocenters. The Hall–Kier alpha value is -1.20. The molecule has 0 radical (unpaired) electrons. The molecular weight excluding hydrogens is 325 g/mol. The van der Waals surface area contributed by atoms with Crippen LogP contribution in [0.4, 0.5) is 0 Å². The third-order valence-electron chi connectivity index (χ3n) is 4.18. The van der Waals surface area contributed by atoms with Crippen molar-refractivity contribution >= 4 is 36.6 Å². The molecule has 0 bridgehead atoms. The van der Waals surface area contributed by atoms with Crippen LogP contribution in [0.1, 0.15) is 39.5 Å². The SMILES string of the molecule is CC1CCC(NC(=O)C2(C)C=CC=C(C(N)=O)N2)CC1.Cl.Cl. The van der Waals surface area contributed by atoms with Crippen LogP contribution in [-0.2, 0) is 9.59 Å². The van der Waals surface area contributed by atoms with Crippen LogP contribution < -0.4 is 16.4 Å². The van der Waals surface area contributed by atoms with E-state index in [1.165, 1.54) is 0 Å². The quantitative estimate of drug-likeness (QED) is 0.726. The second kappa shape index (κ2) is 8.44. The Labute approximate surface area is 144 Å². The Morgan fingerprint density at radius 2 is 1.86 bits per heavy atom. The van der Waals surface area contributed by atoms with E-state index in [0.717, 1.165) is 31.6 Å². The molecule has 2 rings (SSSR count). The molecule has 4 N–H and O–H groups in total. The van der Waals surface area contributed by atoms with Gasteiger partial charge in [0.2, 0.25) is 5.91 Å². The van der Waals surface area contributed by atoms with Crippen LogP contribution in [0.2, 0.25) is 0 Å². The van der Waals surface area contributed by atoms with Crippen molar-refractivity contribution in [1.82, 2.24) is 10.6 Å². The number of hydrogen-bond donors (Lipinski definition) is 3. The molecule has 1 heterocycles. The van der Waals surface area contributed by atoms with Crippen LogP contribution in [0.3, 0.4) is 0 Å². The van der Waals surface area contributed by atoms with Crippen molar-refractivity contribution < 1.29 is 9.59 Å². The monoisotopic (exact) mass is 349 g/mol. The van der Waals surface area contributed by atoms with Crippen molar-refractivity contribution in [3.63, 3.8) is 0 Å². The Morgan fingerprint density at radius 3 is 2.41 bits per heavy atom. The molecule has 22 heavy (non-hydrogen) atoms. The molecule has 0 saturated heterocycles. The topological polar surface area (TPSA) is 84.2 Å². The van der Waals surface area contributed by atoms with Crippen LogP contribution in [0.5, 0.6) is 0 Å². The summed E-state index contributed by atoms with van der Waals surface area (Å²) in [6.07, 6.45) is 9.37. The first-order valence-electron chi connectivity index (χ1n) is 7.19. The highest BCUT2D eigenvalue weighted by Crippen LogP contribution is 2.24. The summed E-state index contributed by atoms with van der Waals surface area (Å²) in [5, 5.41) is 5.99. The normalized spacial score (nSPS) is 30.0. The lowest BCUT2D eigenvalue weighted by molar-refractivity contribution is -0.126. The fourth-order valence-electron chi connectivity index (χ4n) is 2.72. The van der Waals surface area contributed by atoms with E-state index in [4.69, 9.17) is 5.73 Å². The average molecular weight is 350 g/mol. The molecule has 126 valence electrons. The number of dihydropyridines is 1. The van der Waals surface area contributed by atoms with Crippen molar-refractivity contribution in [1.29, 1.82) is 0 Å². The lowest BCUT2D eigenvalue weighted by atomic mass is 9.86. The van der Waals surface area contributed by atoms with E-state index in [-0.39, 0.29) is 42.5 Å². The van der Waals surface area contributed by atoms with Crippen LogP contribution in [-0.4, -0.2) is 23.4 Å². The third-order valence-corrected chi connectivity index (χ3v) is 4.18. The Bertz CT molecular complexity index is 471. The first kappa shape index (κ1) is 20.8. The van der Waals surface area contributed by atoms with E-state index in [9.17, 15) is 9.59 Å². The number of rotatable bonds is 3. The molecular formula is C15H25Cl2N3O2. The van der Waals surface area contributed by atoms with Gasteiger partial charge >= 0.3 is 0 Å². The van der Waals surface area contributed by atoms with Gasteiger partial charge in [0.05, 0.1) is 0 Å². The van der Waals surface area contributed by atoms with E-state index < -0.39 is 11.4 Å². The summed E-state index contributed by atoms with van der Waals surface area (Å²) in [7, 11) is 0. The average Bonchev–Trinajstić information content (AvgIpc) is 2.41. The molecule has 0 aromatic heterocycles. The highest BCUT2D eigenvalue weighted by atomic mass is 35.5. The molecule has 1 aliphatic heterocycles. The van der Waals surface area contributed by atoms with E-state index in [1.54, 1.807) is 25.2 Å². The molecule has 1 unspecified atom stereocenters. The minimum atomic E-state index is -0.915. The lowest BCUT2D eigenvalue weighted by Gasteiger charge is -2.34. The predicted octanol–water partition coefficient (Wildman–Crippen LogP) is 1.81. The van der Waals surface area contributed by atoms with Crippen LogP contribution in [0.15, 0.2) is 23.9 Å². The number of primary amides is 1. The van der Waals surface area contributed by atoms with E-state index in [1.807, 2.05) is 0 Å². The number of hydrogen-bond acceptors (Lipinski definition) is 3. The molecule has 0 aromatic carbocycles. The maximum atomic E-state index is 12.4. The first-order valence-corrected chi connectivity index (χ1v) is 7.19. The second-order valence-corrected chi connectivity index (χ2v) is 6.06. The van der Waals surface area contributed by atoms with Gasteiger partial charge in [-0.3, -0.25) is 9.59 Å². The van der Waals surface area contributed by atoms with Gasteiger partial charge in [-0.2, -0.15) is 0 Å². The molecule has 1 saturated carbocycles. The minimum absolute atomic E-state index is 0. The summed E-state index contributed by atoms with van der Waals surface area (Å²) >= 11 is 0. The van der Waals surface area contributed by atoms with Crippen molar-refractivity contribution in [3.8, 4) is 0 Å². The van der Waals surface area contributed by atoms with Crippen LogP contribution in [0, 0.1) is 5.92 Å². The van der Waals surface area contributed by atoms with Crippen LogP contribution in [0.25, 0.3) is 0 Å². The number of carbonyl (C=O) groups is 2. The molecule has 0 aromatic rings. The van der Waals surface area contributed by atoms with Gasteiger partial charge < -0.3 is 16.4 Å². The summed E-state index contributed by atoms with van der Waals surface area (Å²) in [5.74, 6) is 0.0795. The second-order valence-electron chi connectivity index (χ2n) is 6.06. The summed E-state index contributed by atoms with van der Waals surface area (Å²) in [6.45, 7) is 3.99. The number of nitrogens with one attached hydrogen (secondary N) is 2. The summed E-state index contributed by atoms with van der Waals surface area (Å²) in [5.41, 5.74) is 4.60. The van der Waals surface area contributed by atoms with Crippen molar-refractivity contribution in [2.45, 2.75) is 51.1 Å². The predicted molar refractivity (Wildman–Crippen MR) is 92.0 cm³/mol. The van der Waals surface area contributed by atoms with Gasteiger partial charge in [-0.15, -0.1) is 24.8 Å². The molecule has 5 nitrogen and oxygen atoms in total. The Morgan fingerprint density at radius 1 is 1.27 bits per heavy atom. The van der Waals surface area contributed by atoms with Gasteiger partial charge in [-0.25, -0.2) is 0 Å². The van der Waals surface area contributed by atoms with Crippen molar-refractivity contribution in [3.05, 3.63) is 23.9 Å². The third kappa shape index (κ3) is 4.92. The zero-order chi connectivity index (χ0) is 14.8. The maximum Gasteiger partial charge on any atom is 0.264 e. The van der Waals surface area contributed by atoms with E-state index in [2.05, 4.69) is 17.6 Å². The van der Waals surface area contributed by atoms with Gasteiger partial charge in [0.15, 0.2) is 0 Å². The smallest absolute Gasteiger partial charge is 0.264 e. The van der Waals surface area contributed by atoms with Crippen LogP contribution >= 0.6 is 24.8 Å². The highest BCUT2D eigenvalue weighted by molar-refractivity contribution is 5.96. The molecule has 1 aliphatic carbocycles. The van der Waals surface area contributed by atoms with Gasteiger partial charge in [0.1, 0.15) is 11.2 Å². The van der Waals surface area contributed by atoms with Gasteiger partial charge in [0, 0.05) is 6.04 Å². The largest absolute Gasteiger partial charge is 0.364 e. The highest BCUT2D eigenvalue weighted by Gasteiger charge is 2.35. The number of allylic oxidation sites excluding steroid dienone is 2. The van der Waals surface area contributed by atoms with E-state index >= 15 is 0 Å². The molecule has 7 heteroatoms. The number of nitrogens with two attached hydrogens (primary N) is 1. The van der Waals surface area contributed by atoms with Crippen molar-refractivity contribution in [2.75, 3.05) is 0 Å². The zero-order valence-corrected chi connectivity index (χ0v) is 14.6. The van der Waals surface area contributed by atoms with E-state index in [0.29, 0.717) is 0 Å². The molecule has 1 fully saturated rings. The summed E-state index contributed by atoms with van der Waals surface area (Å²) in [6, 6.07) is 0.230. The fraction of sp³-hybridized carbons (Fsp3) is 0.600. The standard InChI is InChI=1S/C15H23N3O2.2ClH/c1-10-5-7-11(8-6-10)17-14(20)15(2)9-3-4-12(18-15)13(16)19;;/h3-4,9-11,18H,5-8H2,1-2H3,(H2,16,19)(H,17,20);2*1H. The molecule has 2 amide bonds. The molecule has 2 aliphatic rings. The van der Waals surface area contributed by atoms with Crippen molar-refractivity contribution in [2.24, 2.45) is 11.7 Å². The molecule has 0 spiro atoms. The fourth-order valence-corrected chi connectivity index (χ4v) is 2.72. The first-order chi connectivity index (χ1) is 9.40. The zero-order valence-electron chi connectivity index (χ0n) is 12.9. The number of halogens is 2. The number of carbonyl (C=O) groups excluding carboxylic acids is 2. The minimum Gasteiger partial charge on any atom is -0.364 e. The Kier molecular flexibility index (Phi) is 7.98. The Balaban J connectivity index is 0.00000220. The van der Waals surface area contributed by atoms with Gasteiger partial charge in [-0.05, 0) is 44.6 Å². The summed E-state index contributed by atoms with van der Waals surface area (Å²) in [4.78, 5) is 23.7. The maximum absolute atomic E-state index is 12.4. The lowest BCUT2D eigenvalue weighted by Crippen LogP contribution is -2.57.